The van der Waals surface area contributed by atoms with Gasteiger partial charge in [0.15, 0.2) is 0 Å². The predicted molar refractivity (Wildman–Crippen MR) is 62.3 cm³/mol. The number of aromatic nitrogens is 1. The molecule has 4 heteroatoms. The third-order valence-corrected chi connectivity index (χ3v) is 2.47. The van der Waals surface area contributed by atoms with Gasteiger partial charge in [-0.15, -0.1) is 0 Å². The first-order valence-corrected chi connectivity index (χ1v) is 5.19. The Labute approximate surface area is 93.3 Å². The van der Waals surface area contributed by atoms with Gasteiger partial charge in [0.2, 0.25) is 0 Å². The van der Waals surface area contributed by atoms with E-state index >= 15 is 0 Å². The van der Waals surface area contributed by atoms with E-state index in [1.54, 1.807) is 13.0 Å². The van der Waals surface area contributed by atoms with Crippen molar-refractivity contribution in [3.63, 3.8) is 0 Å². The quantitative estimate of drug-likeness (QED) is 0.726. The summed E-state index contributed by atoms with van der Waals surface area (Å²) in [5.41, 5.74) is 1.61. The molecule has 0 aliphatic heterocycles. The van der Waals surface area contributed by atoms with Crippen LogP contribution >= 0.6 is 0 Å². The molecule has 1 atom stereocenters. The molecule has 1 amide bonds. The predicted octanol–water partition coefficient (Wildman–Crippen LogP) is 1.28. The summed E-state index contributed by atoms with van der Waals surface area (Å²) in [5.74, 6) is -0.162. The van der Waals surface area contributed by atoms with Gasteiger partial charge in [0.25, 0.3) is 5.91 Å². The van der Waals surface area contributed by atoms with E-state index < -0.39 is 0 Å². The fraction of sp³-hybridized carbons (Fsp3) is 0.250. The molecular formula is C12H14N2O2. The Bertz CT molecular complexity index is 504. The fourth-order valence-electron chi connectivity index (χ4n) is 1.55. The lowest BCUT2D eigenvalue weighted by atomic mass is 10.1. The van der Waals surface area contributed by atoms with Crippen molar-refractivity contribution in [3.8, 4) is 0 Å². The highest BCUT2D eigenvalue weighted by atomic mass is 16.3. The normalized spacial score (nSPS) is 12.6. The van der Waals surface area contributed by atoms with E-state index in [2.05, 4.69) is 10.3 Å². The average molecular weight is 218 g/mol. The molecule has 2 rings (SSSR count). The number of fused-ring (bicyclic) bond motifs is 1. The summed E-state index contributed by atoms with van der Waals surface area (Å²) in [4.78, 5) is 14.8. The third kappa shape index (κ3) is 2.06. The largest absolute Gasteiger partial charge is 0.394 e. The molecule has 0 aliphatic rings. The van der Waals surface area contributed by atoms with Crippen molar-refractivity contribution in [1.29, 1.82) is 0 Å². The van der Waals surface area contributed by atoms with Crippen LogP contribution in [0.4, 0.5) is 0 Å². The van der Waals surface area contributed by atoms with Crippen molar-refractivity contribution in [3.05, 3.63) is 36.0 Å². The third-order valence-electron chi connectivity index (χ3n) is 2.47. The maximum Gasteiger partial charge on any atom is 0.251 e. The minimum atomic E-state index is -0.227. The Balaban J connectivity index is 2.22. The molecule has 1 heterocycles. The number of benzene rings is 1. The number of carbonyl (C=O) groups is 1. The number of H-pyrrole nitrogens is 1. The first-order valence-electron chi connectivity index (χ1n) is 5.19. The number of amides is 1. The van der Waals surface area contributed by atoms with Gasteiger partial charge in [-0.25, -0.2) is 0 Å². The average Bonchev–Trinajstić information content (AvgIpc) is 2.75. The highest BCUT2D eigenvalue weighted by molar-refractivity contribution is 5.98. The van der Waals surface area contributed by atoms with Gasteiger partial charge in [-0.1, -0.05) is 0 Å². The number of hydrogen-bond acceptors (Lipinski definition) is 2. The molecule has 0 radical (unpaired) electrons. The number of aliphatic hydroxyl groups is 1. The summed E-state index contributed by atoms with van der Waals surface area (Å²) in [5, 5.41) is 12.6. The van der Waals surface area contributed by atoms with Gasteiger partial charge in [-0.05, 0) is 31.2 Å². The Kier molecular flexibility index (Phi) is 2.92. The minimum absolute atomic E-state index is 0.0574. The first kappa shape index (κ1) is 10.7. The zero-order valence-electron chi connectivity index (χ0n) is 9.03. The van der Waals surface area contributed by atoms with E-state index in [0.29, 0.717) is 5.56 Å². The number of aromatic amines is 1. The Hall–Kier alpha value is -1.81. The summed E-state index contributed by atoms with van der Waals surface area (Å²) in [6, 6.07) is 7.15. The molecule has 0 aliphatic carbocycles. The van der Waals surface area contributed by atoms with E-state index in [9.17, 15) is 4.79 Å². The van der Waals surface area contributed by atoms with E-state index in [-0.39, 0.29) is 18.6 Å². The lowest BCUT2D eigenvalue weighted by Crippen LogP contribution is -2.34. The van der Waals surface area contributed by atoms with Crippen LogP contribution in [0.1, 0.15) is 17.3 Å². The maximum atomic E-state index is 11.7. The number of carbonyl (C=O) groups excluding carboxylic acids is 1. The van der Waals surface area contributed by atoms with Gasteiger partial charge >= 0.3 is 0 Å². The zero-order valence-corrected chi connectivity index (χ0v) is 9.03. The lowest BCUT2D eigenvalue weighted by molar-refractivity contribution is 0.0922. The second kappa shape index (κ2) is 4.37. The summed E-state index contributed by atoms with van der Waals surface area (Å²) < 4.78 is 0. The van der Waals surface area contributed by atoms with Crippen molar-refractivity contribution >= 4 is 16.8 Å². The monoisotopic (exact) mass is 218 g/mol. The number of aliphatic hydroxyl groups excluding tert-OH is 1. The molecule has 84 valence electrons. The molecule has 1 unspecified atom stereocenters. The van der Waals surface area contributed by atoms with Gasteiger partial charge in [-0.2, -0.15) is 0 Å². The van der Waals surface area contributed by atoms with Crippen molar-refractivity contribution < 1.29 is 9.90 Å². The van der Waals surface area contributed by atoms with Crippen LogP contribution in [0.5, 0.6) is 0 Å². The van der Waals surface area contributed by atoms with Gasteiger partial charge in [0.1, 0.15) is 0 Å². The summed E-state index contributed by atoms with van der Waals surface area (Å²) in [6.07, 6.45) is 1.84. The van der Waals surface area contributed by atoms with Crippen LogP contribution in [0.3, 0.4) is 0 Å². The molecule has 0 fully saturated rings. The standard InChI is InChI=1S/C12H14N2O2/c1-8(7-15)14-12(16)10-2-3-11-9(6-10)4-5-13-11/h2-6,8,13,15H,7H2,1H3,(H,14,16). The molecule has 16 heavy (non-hydrogen) atoms. The van der Waals surface area contributed by atoms with Crippen molar-refractivity contribution in [1.82, 2.24) is 10.3 Å². The number of nitrogens with one attached hydrogen (secondary N) is 2. The van der Waals surface area contributed by atoms with Crippen LogP contribution < -0.4 is 5.32 Å². The molecule has 0 saturated carbocycles. The van der Waals surface area contributed by atoms with Crippen molar-refractivity contribution in [2.24, 2.45) is 0 Å². The number of rotatable bonds is 3. The molecular weight excluding hydrogens is 204 g/mol. The molecule has 4 nitrogen and oxygen atoms in total. The second-order valence-electron chi connectivity index (χ2n) is 3.84. The van der Waals surface area contributed by atoms with Crippen LogP contribution in [0.15, 0.2) is 30.5 Å². The summed E-state index contributed by atoms with van der Waals surface area (Å²) >= 11 is 0. The van der Waals surface area contributed by atoms with Crippen molar-refractivity contribution in [2.75, 3.05) is 6.61 Å². The minimum Gasteiger partial charge on any atom is -0.394 e. The first-order chi connectivity index (χ1) is 7.70. The van der Waals surface area contributed by atoms with Crippen molar-refractivity contribution in [2.45, 2.75) is 13.0 Å². The molecule has 2 aromatic rings. The maximum absolute atomic E-state index is 11.7. The van der Waals surface area contributed by atoms with Crippen LogP contribution in [0.2, 0.25) is 0 Å². The Morgan fingerprint density at radius 2 is 2.31 bits per heavy atom. The SMILES string of the molecule is CC(CO)NC(=O)c1ccc2[nH]ccc2c1. The molecule has 0 spiro atoms. The second-order valence-corrected chi connectivity index (χ2v) is 3.84. The van der Waals surface area contributed by atoms with Gasteiger partial charge < -0.3 is 15.4 Å². The highest BCUT2D eigenvalue weighted by Crippen LogP contribution is 2.14. The molecule has 0 bridgehead atoms. The Morgan fingerprint density at radius 3 is 3.06 bits per heavy atom. The summed E-state index contributed by atoms with van der Waals surface area (Å²) in [7, 11) is 0. The van der Waals surface area contributed by atoms with Crippen LogP contribution in [-0.2, 0) is 0 Å². The lowest BCUT2D eigenvalue weighted by Gasteiger charge is -2.10. The fourth-order valence-corrected chi connectivity index (χ4v) is 1.55. The van der Waals surface area contributed by atoms with E-state index in [0.717, 1.165) is 10.9 Å². The van der Waals surface area contributed by atoms with E-state index in [1.165, 1.54) is 0 Å². The summed E-state index contributed by atoms with van der Waals surface area (Å²) in [6.45, 7) is 1.70. The zero-order chi connectivity index (χ0) is 11.5. The van der Waals surface area contributed by atoms with Gasteiger partial charge in [0, 0.05) is 28.7 Å². The van der Waals surface area contributed by atoms with Crippen LogP contribution in [0.25, 0.3) is 10.9 Å². The smallest absolute Gasteiger partial charge is 0.251 e. The van der Waals surface area contributed by atoms with Gasteiger partial charge in [-0.3, -0.25) is 4.79 Å². The molecule has 1 aromatic carbocycles. The molecule has 0 saturated heterocycles. The topological polar surface area (TPSA) is 65.1 Å². The molecule has 1 aromatic heterocycles. The van der Waals surface area contributed by atoms with E-state index in [4.69, 9.17) is 5.11 Å². The number of hydrogen-bond donors (Lipinski definition) is 3. The highest BCUT2D eigenvalue weighted by Gasteiger charge is 2.09. The van der Waals surface area contributed by atoms with Crippen LogP contribution in [0, 0.1) is 0 Å². The van der Waals surface area contributed by atoms with E-state index in [1.807, 2.05) is 24.4 Å². The molecule has 3 N–H and O–H groups in total. The van der Waals surface area contributed by atoms with Crippen LogP contribution in [-0.4, -0.2) is 28.6 Å². The Morgan fingerprint density at radius 1 is 1.50 bits per heavy atom. The van der Waals surface area contributed by atoms with Gasteiger partial charge in [0.05, 0.1) is 6.61 Å².